The van der Waals surface area contributed by atoms with Crippen molar-refractivity contribution in [1.82, 2.24) is 29.7 Å². The van der Waals surface area contributed by atoms with Crippen LogP contribution in [-0.2, 0) is 27.1 Å². The molecule has 4 aromatic rings. The first-order valence-corrected chi connectivity index (χ1v) is 19.3. The largest absolute Gasteiger partial charge is 0.492 e. The molecule has 12 heteroatoms. The highest BCUT2D eigenvalue weighted by molar-refractivity contribution is 5.96. The molecule has 4 heterocycles. The van der Waals surface area contributed by atoms with Gasteiger partial charge >= 0.3 is 0 Å². The van der Waals surface area contributed by atoms with Crippen LogP contribution < -0.4 is 9.47 Å². The van der Waals surface area contributed by atoms with Gasteiger partial charge < -0.3 is 23.7 Å². The normalized spacial score (nSPS) is 17.4. The number of aryl methyl sites for hydroxylation is 2. The fourth-order valence-electron chi connectivity index (χ4n) is 6.84. The maximum Gasteiger partial charge on any atom is 0.181 e. The zero-order chi connectivity index (χ0) is 37.0. The van der Waals surface area contributed by atoms with Crippen molar-refractivity contribution in [3.63, 3.8) is 0 Å². The second-order valence-corrected chi connectivity index (χ2v) is 13.6. The highest BCUT2D eigenvalue weighted by Crippen LogP contribution is 2.28. The fourth-order valence-corrected chi connectivity index (χ4v) is 6.84. The van der Waals surface area contributed by atoms with Crippen LogP contribution in [0.2, 0.25) is 0 Å². The van der Waals surface area contributed by atoms with Crippen molar-refractivity contribution in [2.24, 2.45) is 0 Å². The van der Waals surface area contributed by atoms with Gasteiger partial charge in [-0.05, 0) is 92.8 Å². The summed E-state index contributed by atoms with van der Waals surface area (Å²) in [5.74, 6) is 4.00. The summed E-state index contributed by atoms with van der Waals surface area (Å²) in [6.07, 6.45) is 10.1. The lowest BCUT2D eigenvalue weighted by molar-refractivity contribution is 0.0321. The predicted octanol–water partition coefficient (Wildman–Crippen LogP) is 5.55. The van der Waals surface area contributed by atoms with E-state index in [1.54, 1.807) is 6.20 Å². The molecule has 8 rings (SSSR count). The highest BCUT2D eigenvalue weighted by Gasteiger charge is 2.21. The van der Waals surface area contributed by atoms with Gasteiger partial charge in [0.15, 0.2) is 17.4 Å². The standard InChI is InChI=1S/C22H27N3O3.C20H23N3O3/c1-2-27-20-5-3-4-18-16-23-22(24-21(18)20)17-6-8-19(9-7-17)28-15-12-25-10-13-26-14-11-25;24-18-3-1-2-16-14-21-20(22-19(16)18)15-4-6-17(7-5-15)26-13-10-23-8-11-25-12-9-23/h5-9,16H,2-4,10-15H2,1H3;4-7,14H,1-3,8-13H2. The van der Waals surface area contributed by atoms with Gasteiger partial charge in [0.2, 0.25) is 0 Å². The zero-order valence-corrected chi connectivity index (χ0v) is 31.2. The minimum absolute atomic E-state index is 0.123. The highest BCUT2D eigenvalue weighted by atomic mass is 16.5. The Balaban J connectivity index is 0.000000167. The summed E-state index contributed by atoms with van der Waals surface area (Å²) >= 11 is 0. The van der Waals surface area contributed by atoms with Crippen LogP contribution in [0.4, 0.5) is 0 Å². The number of ketones is 1. The third-order valence-corrected chi connectivity index (χ3v) is 9.90. The monoisotopic (exact) mass is 734 g/mol. The molecular weight excluding hydrogens is 684 g/mol. The van der Waals surface area contributed by atoms with Crippen molar-refractivity contribution < 1.29 is 28.5 Å². The van der Waals surface area contributed by atoms with Gasteiger partial charge in [-0.1, -0.05) is 0 Å². The third kappa shape index (κ3) is 10.1. The quantitative estimate of drug-likeness (QED) is 0.181. The van der Waals surface area contributed by atoms with Gasteiger partial charge in [0.25, 0.3) is 0 Å². The fraction of sp³-hybridized carbons (Fsp3) is 0.452. The van der Waals surface area contributed by atoms with Gasteiger partial charge in [-0.15, -0.1) is 0 Å². The van der Waals surface area contributed by atoms with Gasteiger partial charge in [0.05, 0.1) is 33.0 Å². The van der Waals surface area contributed by atoms with Gasteiger partial charge in [0, 0.05) is 74.8 Å². The van der Waals surface area contributed by atoms with E-state index >= 15 is 0 Å². The van der Waals surface area contributed by atoms with E-state index in [-0.39, 0.29) is 5.78 Å². The van der Waals surface area contributed by atoms with Crippen LogP contribution in [0, 0.1) is 0 Å². The van der Waals surface area contributed by atoms with Crippen LogP contribution in [-0.4, -0.2) is 121 Å². The van der Waals surface area contributed by atoms with E-state index in [9.17, 15) is 4.79 Å². The number of ether oxygens (including phenoxy) is 5. The molecule has 0 N–H and O–H groups in total. The molecule has 0 bridgehead atoms. The van der Waals surface area contributed by atoms with Crippen LogP contribution in [0.15, 0.2) is 67.0 Å². The molecule has 54 heavy (non-hydrogen) atoms. The van der Waals surface area contributed by atoms with Crippen LogP contribution >= 0.6 is 0 Å². The number of carbonyl (C=O) groups excluding carboxylic acids is 1. The Morgan fingerprint density at radius 2 is 1.17 bits per heavy atom. The van der Waals surface area contributed by atoms with Gasteiger partial charge in [0.1, 0.15) is 41.9 Å². The van der Waals surface area contributed by atoms with Crippen molar-refractivity contribution in [3.05, 3.63) is 89.5 Å². The Bertz CT molecular complexity index is 1860. The maximum absolute atomic E-state index is 12.0. The molecule has 0 amide bonds. The molecule has 0 radical (unpaired) electrons. The summed E-state index contributed by atoms with van der Waals surface area (Å²) in [6.45, 7) is 12.9. The minimum Gasteiger partial charge on any atom is -0.492 e. The first kappa shape index (κ1) is 37.6. The summed E-state index contributed by atoms with van der Waals surface area (Å²) in [7, 11) is 0. The third-order valence-electron chi connectivity index (χ3n) is 9.90. The van der Waals surface area contributed by atoms with E-state index < -0.39 is 0 Å². The smallest absolute Gasteiger partial charge is 0.181 e. The summed E-state index contributed by atoms with van der Waals surface area (Å²) in [5.41, 5.74) is 5.50. The first-order valence-electron chi connectivity index (χ1n) is 19.3. The van der Waals surface area contributed by atoms with Crippen molar-refractivity contribution in [2.75, 3.05) is 85.5 Å². The second-order valence-electron chi connectivity index (χ2n) is 13.6. The summed E-state index contributed by atoms with van der Waals surface area (Å²) < 4.78 is 28.2. The molecule has 12 nitrogen and oxygen atoms in total. The Hall–Kier alpha value is -4.75. The van der Waals surface area contributed by atoms with E-state index in [1.807, 2.05) is 61.7 Å². The summed E-state index contributed by atoms with van der Waals surface area (Å²) in [4.78, 5) is 35.0. The molecule has 0 saturated carbocycles. The van der Waals surface area contributed by atoms with Gasteiger partial charge in [-0.25, -0.2) is 19.9 Å². The predicted molar refractivity (Wildman–Crippen MR) is 206 cm³/mol. The Labute approximate surface area is 317 Å². The maximum atomic E-state index is 12.0. The van der Waals surface area contributed by atoms with E-state index in [2.05, 4.69) is 30.8 Å². The number of rotatable bonds is 12. The van der Waals surface area contributed by atoms with E-state index in [0.29, 0.717) is 43.6 Å². The molecule has 4 aliphatic rings. The number of allylic oxidation sites excluding steroid dienone is 1. The molecule has 284 valence electrons. The van der Waals surface area contributed by atoms with Crippen molar-refractivity contribution >= 4 is 11.5 Å². The van der Waals surface area contributed by atoms with Gasteiger partial charge in [-0.3, -0.25) is 14.6 Å². The number of Topliss-reactive ketones (excluding diaryl/α,β-unsaturated/α-hetero) is 1. The minimum atomic E-state index is 0.123. The molecule has 2 aromatic carbocycles. The molecule has 2 fully saturated rings. The van der Waals surface area contributed by atoms with E-state index in [0.717, 1.165) is 137 Å². The van der Waals surface area contributed by atoms with Crippen LogP contribution in [0.5, 0.6) is 11.5 Å². The molecule has 2 aliphatic heterocycles. The summed E-state index contributed by atoms with van der Waals surface area (Å²) in [5, 5.41) is 0. The molecule has 0 spiro atoms. The molecule has 2 aliphatic carbocycles. The van der Waals surface area contributed by atoms with Crippen LogP contribution in [0.25, 0.3) is 28.5 Å². The lowest BCUT2D eigenvalue weighted by atomic mass is 9.96. The lowest BCUT2D eigenvalue weighted by Crippen LogP contribution is -2.38. The van der Waals surface area contributed by atoms with Crippen molar-refractivity contribution in [2.45, 2.75) is 39.0 Å². The number of hydrogen-bond donors (Lipinski definition) is 0. The number of nitrogens with zero attached hydrogens (tertiary/aromatic N) is 6. The number of carbonyl (C=O) groups is 1. The van der Waals surface area contributed by atoms with E-state index in [4.69, 9.17) is 28.7 Å². The Morgan fingerprint density at radius 1 is 0.648 bits per heavy atom. The number of fused-ring (bicyclic) bond motifs is 2. The molecule has 0 atom stereocenters. The lowest BCUT2D eigenvalue weighted by Gasteiger charge is -2.26. The zero-order valence-electron chi connectivity index (χ0n) is 31.2. The molecular formula is C42H50N6O6. The first-order chi connectivity index (χ1) is 26.6. The molecule has 2 saturated heterocycles. The van der Waals surface area contributed by atoms with Crippen molar-refractivity contribution in [1.29, 1.82) is 0 Å². The SMILES string of the molecule is CCOC1=CCCc2cnc(-c3ccc(OCCN4CCOCC4)cc3)nc21.O=C1CCCc2cnc(-c3ccc(OCCN4CCOCC4)cc3)nc21. The summed E-state index contributed by atoms with van der Waals surface area (Å²) in [6, 6.07) is 15.7. The second kappa shape index (κ2) is 19.0. The van der Waals surface area contributed by atoms with Crippen molar-refractivity contribution in [3.8, 4) is 34.3 Å². The molecule has 2 aromatic heterocycles. The number of hydrogen-bond acceptors (Lipinski definition) is 12. The number of morpholine rings is 2. The van der Waals surface area contributed by atoms with Crippen LogP contribution in [0.3, 0.4) is 0 Å². The average Bonchev–Trinajstić information content (AvgIpc) is 3.23. The Kier molecular flexibility index (Phi) is 13.2. The number of aromatic nitrogens is 4. The topological polar surface area (TPSA) is 121 Å². The Morgan fingerprint density at radius 3 is 1.70 bits per heavy atom. The molecule has 0 unspecified atom stereocenters. The average molecular weight is 735 g/mol. The van der Waals surface area contributed by atoms with E-state index in [1.165, 1.54) is 0 Å². The van der Waals surface area contributed by atoms with Gasteiger partial charge in [-0.2, -0.15) is 0 Å². The van der Waals surface area contributed by atoms with Crippen LogP contribution in [0.1, 0.15) is 53.5 Å². The number of benzene rings is 2.